The monoisotopic (exact) mass is 272 g/mol. The van der Waals surface area contributed by atoms with E-state index in [1.807, 2.05) is 0 Å². The summed E-state index contributed by atoms with van der Waals surface area (Å²) in [6.45, 7) is 0.195. The van der Waals surface area contributed by atoms with E-state index in [9.17, 15) is 13.2 Å². The topological polar surface area (TPSA) is 88.3 Å². The number of aromatic nitrogens is 1. The first kappa shape index (κ1) is 13.3. The summed E-state index contributed by atoms with van der Waals surface area (Å²) < 4.78 is 31.7. The average Bonchev–Trinajstić information content (AvgIpc) is 2.28. The fourth-order valence-corrected chi connectivity index (χ4v) is 3.10. The molecule has 1 aromatic rings. The lowest BCUT2D eigenvalue weighted by Gasteiger charge is -2.40. The Kier molecular flexibility index (Phi) is 3.56. The second-order valence-electron chi connectivity index (χ2n) is 4.44. The van der Waals surface area contributed by atoms with E-state index in [1.54, 1.807) is 7.11 Å². The molecule has 0 saturated heterocycles. The summed E-state index contributed by atoms with van der Waals surface area (Å²) in [5.74, 6) is 0. The summed E-state index contributed by atoms with van der Waals surface area (Å²) in [6.07, 6.45) is 5.27. The quantitative estimate of drug-likeness (QED) is 0.802. The maximum atomic E-state index is 12.0. The number of nitrogens with one attached hydrogen (secondary N) is 2. The van der Waals surface area contributed by atoms with Crippen LogP contribution in [0.25, 0.3) is 0 Å². The number of rotatable bonds is 5. The minimum absolute atomic E-state index is 0.195. The Labute approximate surface area is 105 Å². The van der Waals surface area contributed by atoms with Crippen molar-refractivity contribution in [1.82, 2.24) is 9.71 Å². The summed E-state index contributed by atoms with van der Waals surface area (Å²) in [7, 11) is -2.21. The van der Waals surface area contributed by atoms with Crippen LogP contribution in [0.2, 0.25) is 0 Å². The van der Waals surface area contributed by atoms with Gasteiger partial charge in [0.25, 0.3) is 0 Å². The van der Waals surface area contributed by atoms with Gasteiger partial charge in [0, 0.05) is 32.1 Å². The molecular weight excluding hydrogens is 256 g/mol. The molecular formula is C11H16N2O4S. The van der Waals surface area contributed by atoms with Gasteiger partial charge < -0.3 is 9.72 Å². The Balaban J connectivity index is 2.13. The van der Waals surface area contributed by atoms with Crippen LogP contribution in [0.5, 0.6) is 0 Å². The second-order valence-corrected chi connectivity index (χ2v) is 6.17. The molecule has 0 radical (unpaired) electrons. The number of H-pyrrole nitrogens is 1. The number of pyridine rings is 1. The predicted molar refractivity (Wildman–Crippen MR) is 65.8 cm³/mol. The van der Waals surface area contributed by atoms with Crippen molar-refractivity contribution in [2.45, 2.75) is 29.8 Å². The third kappa shape index (κ3) is 2.47. The zero-order valence-corrected chi connectivity index (χ0v) is 10.9. The van der Waals surface area contributed by atoms with E-state index >= 15 is 0 Å². The molecule has 2 rings (SSSR count). The first-order valence-corrected chi connectivity index (χ1v) is 7.19. The first-order chi connectivity index (χ1) is 8.49. The molecule has 0 spiro atoms. The van der Waals surface area contributed by atoms with Crippen molar-refractivity contribution in [3.63, 3.8) is 0 Å². The molecule has 0 atom stereocenters. The Hall–Kier alpha value is -1.18. The highest BCUT2D eigenvalue weighted by atomic mass is 32.2. The Morgan fingerprint density at radius 2 is 2.22 bits per heavy atom. The van der Waals surface area contributed by atoms with Crippen molar-refractivity contribution < 1.29 is 13.2 Å². The van der Waals surface area contributed by atoms with Crippen molar-refractivity contribution >= 4 is 10.0 Å². The van der Waals surface area contributed by atoms with Crippen LogP contribution >= 0.6 is 0 Å². The molecule has 0 bridgehead atoms. The fraction of sp³-hybridized carbons (Fsp3) is 0.545. The molecule has 1 aliphatic rings. The number of methoxy groups -OCH3 is 1. The fourth-order valence-electron chi connectivity index (χ4n) is 1.94. The van der Waals surface area contributed by atoms with Crippen molar-refractivity contribution in [1.29, 1.82) is 0 Å². The Morgan fingerprint density at radius 1 is 1.50 bits per heavy atom. The van der Waals surface area contributed by atoms with E-state index in [0.29, 0.717) is 0 Å². The third-order valence-corrected chi connectivity index (χ3v) is 4.78. The van der Waals surface area contributed by atoms with E-state index in [4.69, 9.17) is 4.74 Å². The predicted octanol–water partition coefficient (Wildman–Crippen LogP) is 0.222. The van der Waals surface area contributed by atoms with Gasteiger partial charge in [-0.3, -0.25) is 4.79 Å². The van der Waals surface area contributed by atoms with Gasteiger partial charge in [0.2, 0.25) is 15.5 Å². The third-order valence-electron chi connectivity index (χ3n) is 3.36. The van der Waals surface area contributed by atoms with Crippen LogP contribution in [0.3, 0.4) is 0 Å². The molecule has 1 saturated carbocycles. The van der Waals surface area contributed by atoms with E-state index in [-0.39, 0.29) is 11.4 Å². The maximum absolute atomic E-state index is 12.0. The average molecular weight is 272 g/mol. The minimum Gasteiger partial charge on any atom is -0.377 e. The standard InChI is InChI=1S/C11H16N2O4S/c1-17-11(4-2-5-11)8-13-18(15,16)10-7-12-6-3-9(10)14/h3,6-7,13H,2,4-5,8H2,1H3,(H,12,14). The van der Waals surface area contributed by atoms with Gasteiger partial charge in [-0.25, -0.2) is 13.1 Å². The van der Waals surface area contributed by atoms with E-state index < -0.39 is 21.1 Å². The van der Waals surface area contributed by atoms with Crippen molar-refractivity contribution in [2.75, 3.05) is 13.7 Å². The van der Waals surface area contributed by atoms with Crippen LogP contribution in [0, 0.1) is 0 Å². The minimum atomic E-state index is -3.78. The van der Waals surface area contributed by atoms with Gasteiger partial charge in [-0.05, 0) is 19.3 Å². The first-order valence-electron chi connectivity index (χ1n) is 5.71. The molecule has 18 heavy (non-hydrogen) atoms. The summed E-state index contributed by atoms with van der Waals surface area (Å²) >= 11 is 0. The molecule has 2 N–H and O–H groups in total. The molecule has 7 heteroatoms. The van der Waals surface area contributed by atoms with Crippen LogP contribution < -0.4 is 10.2 Å². The summed E-state index contributed by atoms with van der Waals surface area (Å²) in [6, 6.07) is 1.18. The van der Waals surface area contributed by atoms with Gasteiger partial charge in [0.05, 0.1) is 5.60 Å². The van der Waals surface area contributed by atoms with Gasteiger partial charge >= 0.3 is 0 Å². The van der Waals surface area contributed by atoms with Gasteiger partial charge in [0.1, 0.15) is 4.90 Å². The zero-order valence-electron chi connectivity index (χ0n) is 10.1. The van der Waals surface area contributed by atoms with E-state index in [2.05, 4.69) is 9.71 Å². The highest BCUT2D eigenvalue weighted by Gasteiger charge is 2.38. The van der Waals surface area contributed by atoms with Crippen LogP contribution in [-0.2, 0) is 14.8 Å². The highest BCUT2D eigenvalue weighted by molar-refractivity contribution is 7.89. The summed E-state index contributed by atoms with van der Waals surface area (Å²) in [5.41, 5.74) is -0.935. The summed E-state index contributed by atoms with van der Waals surface area (Å²) in [5, 5.41) is 0. The largest absolute Gasteiger partial charge is 0.377 e. The lowest BCUT2D eigenvalue weighted by Crippen LogP contribution is -2.49. The van der Waals surface area contributed by atoms with Crippen molar-refractivity contribution in [2.24, 2.45) is 0 Å². The lowest BCUT2D eigenvalue weighted by molar-refractivity contribution is -0.0659. The normalized spacial score (nSPS) is 18.3. The van der Waals surface area contributed by atoms with Gasteiger partial charge in [0.15, 0.2) is 0 Å². The molecule has 0 aromatic carbocycles. The Morgan fingerprint density at radius 3 is 2.72 bits per heavy atom. The van der Waals surface area contributed by atoms with Gasteiger partial charge in [-0.15, -0.1) is 0 Å². The molecule has 100 valence electrons. The number of hydrogen-bond donors (Lipinski definition) is 2. The molecule has 1 heterocycles. The van der Waals surface area contributed by atoms with Crippen LogP contribution in [0.15, 0.2) is 28.2 Å². The van der Waals surface area contributed by atoms with Crippen LogP contribution in [0.1, 0.15) is 19.3 Å². The molecule has 6 nitrogen and oxygen atoms in total. The number of hydrogen-bond acceptors (Lipinski definition) is 4. The molecule has 0 amide bonds. The SMILES string of the molecule is COC1(CNS(=O)(=O)c2c[nH]ccc2=O)CCC1. The molecule has 1 aliphatic carbocycles. The highest BCUT2D eigenvalue weighted by Crippen LogP contribution is 2.34. The molecule has 0 unspecified atom stereocenters. The van der Waals surface area contributed by atoms with Crippen molar-refractivity contribution in [3.05, 3.63) is 28.7 Å². The number of sulfonamides is 1. The van der Waals surface area contributed by atoms with E-state index in [0.717, 1.165) is 19.3 Å². The summed E-state index contributed by atoms with van der Waals surface area (Å²) in [4.78, 5) is 13.8. The number of aromatic amines is 1. The molecule has 1 aromatic heterocycles. The maximum Gasteiger partial charge on any atom is 0.246 e. The molecule has 1 fully saturated rings. The van der Waals surface area contributed by atoms with Crippen LogP contribution in [-0.4, -0.2) is 32.7 Å². The zero-order chi connectivity index (χ0) is 13.2. The molecule has 0 aliphatic heterocycles. The van der Waals surface area contributed by atoms with Gasteiger partial charge in [-0.1, -0.05) is 0 Å². The number of ether oxygens (including phenoxy) is 1. The second kappa shape index (κ2) is 4.83. The lowest BCUT2D eigenvalue weighted by atomic mass is 9.80. The van der Waals surface area contributed by atoms with Crippen LogP contribution in [0.4, 0.5) is 0 Å². The van der Waals surface area contributed by atoms with Gasteiger partial charge in [-0.2, -0.15) is 0 Å². The smallest absolute Gasteiger partial charge is 0.246 e. The van der Waals surface area contributed by atoms with Crippen molar-refractivity contribution in [3.8, 4) is 0 Å². The van der Waals surface area contributed by atoms with E-state index in [1.165, 1.54) is 18.5 Å². The Bertz CT molecular complexity index is 569.